The van der Waals surface area contributed by atoms with Crippen LogP contribution in [0.2, 0.25) is 0 Å². The van der Waals surface area contributed by atoms with Crippen molar-refractivity contribution < 1.29 is 36.6 Å². The highest BCUT2D eigenvalue weighted by Gasteiger charge is 2.37. The highest BCUT2D eigenvalue weighted by Crippen LogP contribution is 2.32. The summed E-state index contributed by atoms with van der Waals surface area (Å²) in [4.78, 5) is 19.9. The van der Waals surface area contributed by atoms with Gasteiger partial charge < -0.3 is 15.0 Å². The van der Waals surface area contributed by atoms with Gasteiger partial charge in [-0.2, -0.15) is 36.5 Å². The summed E-state index contributed by atoms with van der Waals surface area (Å²) in [7, 11) is 0. The second-order valence-corrected chi connectivity index (χ2v) is 7.61. The van der Waals surface area contributed by atoms with Crippen molar-refractivity contribution >= 4 is 11.6 Å². The highest BCUT2D eigenvalue weighted by atomic mass is 19.4. The van der Waals surface area contributed by atoms with Crippen LogP contribution in [0, 0.1) is 0 Å². The van der Waals surface area contributed by atoms with Gasteiger partial charge in [0.05, 0.1) is 60.5 Å². The molecule has 4 rings (SSSR count). The van der Waals surface area contributed by atoms with Gasteiger partial charge in [0.2, 0.25) is 5.95 Å². The fraction of sp³-hybridized carbons (Fsp3) is 0.450. The molecule has 0 fully saturated rings. The van der Waals surface area contributed by atoms with Crippen LogP contribution in [0.25, 0.3) is 0 Å². The van der Waals surface area contributed by atoms with Gasteiger partial charge in [0.15, 0.2) is 0 Å². The molecule has 0 amide bonds. The zero-order chi connectivity index (χ0) is 29.7. The molecule has 0 radical (unpaired) electrons. The monoisotopic (exact) mass is 522 g/mol. The molecule has 36 heavy (non-hydrogen) atoms. The number of alkyl halides is 6. The molecular weight excluding hydrogens is 498 g/mol. The normalized spacial score (nSPS) is 18.5. The van der Waals surface area contributed by atoms with E-state index in [1.165, 1.54) is 6.92 Å². The van der Waals surface area contributed by atoms with Crippen LogP contribution in [0.5, 0.6) is 0 Å². The van der Waals surface area contributed by atoms with Crippen molar-refractivity contribution in [1.82, 2.24) is 29.9 Å². The molecular formula is C20H20F6N8O2. The van der Waals surface area contributed by atoms with E-state index >= 15 is 0 Å². The first kappa shape index (κ1) is 20.5. The Bertz CT molecular complexity index is 1430. The molecule has 194 valence electrons. The van der Waals surface area contributed by atoms with Crippen molar-refractivity contribution in [2.45, 2.75) is 44.9 Å². The first-order valence-electron chi connectivity index (χ1n) is 12.2. The lowest BCUT2D eigenvalue weighted by Crippen LogP contribution is -2.35. The van der Waals surface area contributed by atoms with Crippen molar-refractivity contribution in [1.29, 1.82) is 0 Å². The standard InChI is InChI=1S/C20H20F6N8O2/c1-11(30-15-7-29-31-17(35)16(15)20(24,25)26)9-36-10-13-4-14-8-33(2-3-34(14)32-13)18-27-5-12(6-28-18)19(21,22)23/h4-7,11H,2-3,8-10H2,1H3,(H2,30,31,35)/t11-/m0/s1/i8D2,10D2. The number of fused-ring (bicyclic) bond motifs is 1. The van der Waals surface area contributed by atoms with E-state index in [0.717, 1.165) is 21.8 Å². The summed E-state index contributed by atoms with van der Waals surface area (Å²) in [5, 5.41) is 11.5. The second-order valence-electron chi connectivity index (χ2n) is 7.61. The van der Waals surface area contributed by atoms with E-state index in [4.69, 9.17) is 10.2 Å². The van der Waals surface area contributed by atoms with Gasteiger partial charge in [-0.3, -0.25) is 9.48 Å². The van der Waals surface area contributed by atoms with E-state index in [1.54, 1.807) is 5.10 Å². The van der Waals surface area contributed by atoms with Gasteiger partial charge >= 0.3 is 12.4 Å². The van der Waals surface area contributed by atoms with Crippen LogP contribution < -0.4 is 15.8 Å². The van der Waals surface area contributed by atoms with Crippen LogP contribution in [0.15, 0.2) is 29.5 Å². The summed E-state index contributed by atoms with van der Waals surface area (Å²) in [6, 6.07) is 0.118. The number of aromatic nitrogens is 6. The number of rotatable bonds is 7. The molecule has 3 aromatic heterocycles. The number of halogens is 6. The second kappa shape index (κ2) is 9.75. The molecule has 0 aliphatic carbocycles. The fourth-order valence-electron chi connectivity index (χ4n) is 3.21. The average Bonchev–Trinajstić information content (AvgIpc) is 3.29. The van der Waals surface area contributed by atoms with Crippen molar-refractivity contribution in [2.24, 2.45) is 0 Å². The number of anilines is 2. The Morgan fingerprint density at radius 3 is 2.58 bits per heavy atom. The van der Waals surface area contributed by atoms with E-state index in [1.807, 2.05) is 0 Å². The Morgan fingerprint density at radius 1 is 1.19 bits per heavy atom. The molecule has 16 heteroatoms. The number of nitrogens with one attached hydrogen (secondary N) is 2. The minimum atomic E-state index is -4.98. The predicted octanol–water partition coefficient (Wildman–Crippen LogP) is 2.83. The smallest absolute Gasteiger partial charge is 0.378 e. The molecule has 1 aliphatic rings. The molecule has 0 bridgehead atoms. The van der Waals surface area contributed by atoms with Gasteiger partial charge in [0.1, 0.15) is 5.56 Å². The first-order valence-corrected chi connectivity index (χ1v) is 10.2. The largest absolute Gasteiger partial charge is 0.423 e. The topological polar surface area (TPSA) is 114 Å². The van der Waals surface area contributed by atoms with Crippen LogP contribution in [0.1, 0.15) is 34.9 Å². The van der Waals surface area contributed by atoms with E-state index in [2.05, 4.69) is 25.5 Å². The summed E-state index contributed by atoms with van der Waals surface area (Å²) in [5.74, 6) is -0.321. The van der Waals surface area contributed by atoms with E-state index in [-0.39, 0.29) is 30.4 Å². The van der Waals surface area contributed by atoms with Crippen LogP contribution in [-0.4, -0.2) is 49.1 Å². The number of hydrogen-bond acceptors (Lipinski definition) is 8. The lowest BCUT2D eigenvalue weighted by molar-refractivity contribution is -0.139. The van der Waals surface area contributed by atoms with Gasteiger partial charge in [-0.15, -0.1) is 0 Å². The lowest BCUT2D eigenvalue weighted by atomic mass is 10.2. The molecule has 0 spiro atoms. The van der Waals surface area contributed by atoms with Crippen LogP contribution >= 0.6 is 0 Å². The molecule has 0 saturated carbocycles. The van der Waals surface area contributed by atoms with Crippen molar-refractivity contribution in [3.63, 3.8) is 0 Å². The maximum Gasteiger partial charge on any atom is 0.423 e. The minimum absolute atomic E-state index is 0.00301. The number of H-pyrrole nitrogens is 1. The summed E-state index contributed by atoms with van der Waals surface area (Å²) in [6.07, 6.45) is -7.86. The summed E-state index contributed by atoms with van der Waals surface area (Å²) in [5.41, 5.74) is -5.23. The number of nitrogens with zero attached hydrogens (tertiary/aromatic N) is 6. The zero-order valence-electron chi connectivity index (χ0n) is 22.3. The molecule has 10 nitrogen and oxygen atoms in total. The molecule has 1 aliphatic heterocycles. The Labute approximate surface area is 204 Å². The molecule has 3 aromatic rings. The van der Waals surface area contributed by atoms with Crippen LogP contribution in [-0.2, 0) is 36.7 Å². The molecule has 0 saturated heterocycles. The average molecular weight is 522 g/mol. The number of aromatic amines is 1. The Morgan fingerprint density at radius 2 is 1.92 bits per heavy atom. The minimum Gasteiger partial charge on any atom is -0.378 e. The van der Waals surface area contributed by atoms with Crippen LogP contribution in [0.4, 0.5) is 38.0 Å². The first-order chi connectivity index (χ1) is 18.4. The van der Waals surface area contributed by atoms with Crippen LogP contribution in [0.3, 0.4) is 0 Å². The van der Waals surface area contributed by atoms with Crippen molar-refractivity contribution in [2.75, 3.05) is 23.4 Å². The Hall–Kier alpha value is -3.69. The molecule has 0 unspecified atom stereocenters. The van der Waals surface area contributed by atoms with E-state index in [9.17, 15) is 31.1 Å². The van der Waals surface area contributed by atoms with E-state index in [0.29, 0.717) is 12.4 Å². The van der Waals surface area contributed by atoms with Crippen molar-refractivity contribution in [3.05, 3.63) is 57.5 Å². The van der Waals surface area contributed by atoms with Gasteiger partial charge in [-0.1, -0.05) is 0 Å². The lowest BCUT2D eigenvalue weighted by Gasteiger charge is -2.27. The molecule has 1 atom stereocenters. The number of ether oxygens (including phenoxy) is 1. The quantitative estimate of drug-likeness (QED) is 0.456. The summed E-state index contributed by atoms with van der Waals surface area (Å²) >= 11 is 0. The Kier molecular flexibility index (Phi) is 5.55. The maximum absolute atomic E-state index is 13.3. The highest BCUT2D eigenvalue weighted by molar-refractivity contribution is 5.50. The summed E-state index contributed by atoms with van der Waals surface area (Å²) in [6.45, 7) is -4.28. The fourth-order valence-corrected chi connectivity index (χ4v) is 3.21. The zero-order valence-corrected chi connectivity index (χ0v) is 18.3. The third-order valence-electron chi connectivity index (χ3n) is 4.82. The Balaban J connectivity index is 1.49. The SMILES string of the molecule is [2H]C([2H])(OC[C@H](C)Nc1cn[nH]c(=O)c1C(F)(F)F)c1cc2n(n1)CCN(c1ncc(C(F)(F)F)cn1)C2([2H])[2H]. The third-order valence-corrected chi connectivity index (χ3v) is 4.82. The van der Waals surface area contributed by atoms with Gasteiger partial charge in [-0.25, -0.2) is 15.1 Å². The van der Waals surface area contributed by atoms with Gasteiger partial charge in [-0.05, 0) is 13.0 Å². The third kappa shape index (κ3) is 5.75. The van der Waals surface area contributed by atoms with Crippen molar-refractivity contribution in [3.8, 4) is 0 Å². The molecule has 4 heterocycles. The van der Waals surface area contributed by atoms with Gasteiger partial charge in [0, 0.05) is 25.0 Å². The number of hydrogen-bond donors (Lipinski definition) is 2. The van der Waals surface area contributed by atoms with Gasteiger partial charge in [0.25, 0.3) is 5.56 Å². The molecule has 0 aromatic carbocycles. The predicted molar refractivity (Wildman–Crippen MR) is 113 cm³/mol. The van der Waals surface area contributed by atoms with E-state index < -0.39 is 60.4 Å². The maximum atomic E-state index is 13.3. The summed E-state index contributed by atoms with van der Waals surface area (Å²) < 4.78 is 118. The molecule has 2 N–H and O–H groups in total.